The van der Waals surface area contributed by atoms with Crippen LogP contribution in [0.5, 0.6) is 0 Å². The van der Waals surface area contributed by atoms with Gasteiger partial charge in [0.15, 0.2) is 5.79 Å². The summed E-state index contributed by atoms with van der Waals surface area (Å²) in [5.74, 6) is 1.60. The topological polar surface area (TPSA) is 48.3 Å². The van der Waals surface area contributed by atoms with Crippen LogP contribution in [0, 0.1) is 5.92 Å². The molecular formula is C18H29N3O2. The Kier molecular flexibility index (Phi) is 4.43. The van der Waals surface area contributed by atoms with Gasteiger partial charge in [0.05, 0.1) is 18.8 Å². The molecule has 23 heavy (non-hydrogen) atoms. The highest BCUT2D eigenvalue weighted by atomic mass is 16.7. The Balaban J connectivity index is 1.34. The normalized spacial score (nSPS) is 28.8. The summed E-state index contributed by atoms with van der Waals surface area (Å²) in [6, 6.07) is 0.351. The Bertz CT molecular complexity index is 518. The maximum Gasteiger partial charge on any atom is 0.168 e. The lowest BCUT2D eigenvalue weighted by Crippen LogP contribution is -2.36. The van der Waals surface area contributed by atoms with Crippen molar-refractivity contribution in [3.05, 3.63) is 18.2 Å². The first-order chi connectivity index (χ1) is 11.3. The molecule has 2 atom stereocenters. The number of rotatable bonds is 5. The van der Waals surface area contributed by atoms with E-state index in [4.69, 9.17) is 9.47 Å². The average molecular weight is 319 g/mol. The Morgan fingerprint density at radius 3 is 2.74 bits per heavy atom. The van der Waals surface area contributed by atoms with Crippen molar-refractivity contribution in [1.29, 1.82) is 0 Å². The summed E-state index contributed by atoms with van der Waals surface area (Å²) in [5.41, 5.74) is 0. The standard InChI is InChI=1S/C18H29N3O2/c1-21-11-10-19-17(21)16(14-6-7-14)20-12-15-13-22-18(23-15)8-4-2-3-5-9-18/h10-11,14-16,20H,2-9,12-13H2,1H3/t15-,16-/m0/s1. The van der Waals surface area contributed by atoms with E-state index >= 15 is 0 Å². The molecule has 128 valence electrons. The molecule has 5 nitrogen and oxygen atoms in total. The summed E-state index contributed by atoms with van der Waals surface area (Å²) in [5, 5.41) is 3.72. The van der Waals surface area contributed by atoms with Crippen LogP contribution < -0.4 is 5.32 Å². The van der Waals surface area contributed by atoms with Crippen molar-refractivity contribution < 1.29 is 9.47 Å². The number of aromatic nitrogens is 2. The molecule has 1 N–H and O–H groups in total. The van der Waals surface area contributed by atoms with E-state index in [9.17, 15) is 0 Å². The largest absolute Gasteiger partial charge is 0.347 e. The van der Waals surface area contributed by atoms with Gasteiger partial charge >= 0.3 is 0 Å². The zero-order valence-corrected chi connectivity index (χ0v) is 14.2. The van der Waals surface area contributed by atoms with E-state index in [1.165, 1.54) is 38.5 Å². The molecule has 0 radical (unpaired) electrons. The van der Waals surface area contributed by atoms with E-state index in [2.05, 4.69) is 21.9 Å². The fourth-order valence-corrected chi connectivity index (χ4v) is 4.08. The Morgan fingerprint density at radius 1 is 1.30 bits per heavy atom. The fourth-order valence-electron chi connectivity index (χ4n) is 4.08. The highest BCUT2D eigenvalue weighted by Gasteiger charge is 2.42. The molecule has 4 rings (SSSR count). The molecule has 5 heteroatoms. The molecule has 1 aliphatic heterocycles. The number of aryl methyl sites for hydroxylation is 1. The van der Waals surface area contributed by atoms with E-state index in [1.807, 2.05) is 12.4 Å². The number of hydrogen-bond acceptors (Lipinski definition) is 4. The summed E-state index contributed by atoms with van der Waals surface area (Å²) in [6.45, 7) is 1.58. The van der Waals surface area contributed by atoms with Crippen molar-refractivity contribution in [2.75, 3.05) is 13.2 Å². The molecular weight excluding hydrogens is 290 g/mol. The van der Waals surface area contributed by atoms with E-state index in [1.54, 1.807) is 0 Å². The zero-order valence-electron chi connectivity index (χ0n) is 14.2. The quantitative estimate of drug-likeness (QED) is 0.906. The summed E-state index contributed by atoms with van der Waals surface area (Å²) in [6.07, 6.45) is 13.9. The second kappa shape index (κ2) is 6.54. The van der Waals surface area contributed by atoms with Gasteiger partial charge in [0, 0.05) is 38.8 Å². The first-order valence-corrected chi connectivity index (χ1v) is 9.28. The Labute approximate surface area is 138 Å². The zero-order chi connectivity index (χ0) is 15.7. The molecule has 2 saturated carbocycles. The summed E-state index contributed by atoms with van der Waals surface area (Å²) in [7, 11) is 2.08. The molecule has 2 aliphatic carbocycles. The molecule has 0 unspecified atom stereocenters. The molecule has 3 fully saturated rings. The molecule has 1 aromatic rings. The predicted octanol–water partition coefficient (Wildman–Crippen LogP) is 2.93. The smallest absolute Gasteiger partial charge is 0.168 e. The van der Waals surface area contributed by atoms with Gasteiger partial charge in [-0.25, -0.2) is 4.98 Å². The third kappa shape index (κ3) is 3.47. The highest BCUT2D eigenvalue weighted by molar-refractivity contribution is 5.05. The molecule has 3 aliphatic rings. The van der Waals surface area contributed by atoms with Gasteiger partial charge in [-0.2, -0.15) is 0 Å². The minimum absolute atomic E-state index is 0.176. The van der Waals surface area contributed by atoms with Crippen LogP contribution in [0.25, 0.3) is 0 Å². The minimum Gasteiger partial charge on any atom is -0.347 e. The summed E-state index contributed by atoms with van der Waals surface area (Å²) < 4.78 is 14.6. The Morgan fingerprint density at radius 2 is 2.09 bits per heavy atom. The SMILES string of the molecule is Cn1ccnc1[C@@H](NC[C@H]1COC2(CCCCCC2)O1)C1CC1. The summed E-state index contributed by atoms with van der Waals surface area (Å²) in [4.78, 5) is 4.55. The number of hydrogen-bond donors (Lipinski definition) is 1. The van der Waals surface area contributed by atoms with Crippen LogP contribution in [0.2, 0.25) is 0 Å². The van der Waals surface area contributed by atoms with Crippen LogP contribution >= 0.6 is 0 Å². The van der Waals surface area contributed by atoms with Gasteiger partial charge in [0.25, 0.3) is 0 Å². The van der Waals surface area contributed by atoms with Crippen molar-refractivity contribution in [1.82, 2.24) is 14.9 Å². The van der Waals surface area contributed by atoms with Gasteiger partial charge in [-0.1, -0.05) is 12.8 Å². The van der Waals surface area contributed by atoms with Crippen molar-refractivity contribution in [3.63, 3.8) is 0 Å². The van der Waals surface area contributed by atoms with Crippen LogP contribution in [0.3, 0.4) is 0 Å². The average Bonchev–Trinajstić information content (AvgIpc) is 3.23. The van der Waals surface area contributed by atoms with E-state index in [0.29, 0.717) is 6.04 Å². The van der Waals surface area contributed by atoms with Gasteiger partial charge < -0.3 is 19.4 Å². The van der Waals surface area contributed by atoms with Crippen LogP contribution in [0.15, 0.2) is 12.4 Å². The summed E-state index contributed by atoms with van der Waals surface area (Å²) >= 11 is 0. The van der Waals surface area contributed by atoms with Crippen LogP contribution in [-0.4, -0.2) is 34.6 Å². The fraction of sp³-hybridized carbons (Fsp3) is 0.833. The van der Waals surface area contributed by atoms with Crippen LogP contribution in [0.4, 0.5) is 0 Å². The van der Waals surface area contributed by atoms with Crippen molar-refractivity contribution >= 4 is 0 Å². The highest BCUT2D eigenvalue weighted by Crippen LogP contribution is 2.41. The van der Waals surface area contributed by atoms with Crippen LogP contribution in [-0.2, 0) is 16.5 Å². The van der Waals surface area contributed by atoms with Gasteiger partial charge in [-0.3, -0.25) is 0 Å². The van der Waals surface area contributed by atoms with Crippen molar-refractivity contribution in [2.45, 2.75) is 69.3 Å². The molecule has 1 aromatic heterocycles. The number of nitrogens with zero attached hydrogens (tertiary/aromatic N) is 2. The molecule has 1 saturated heterocycles. The number of imidazole rings is 1. The van der Waals surface area contributed by atoms with Gasteiger partial charge in [0.1, 0.15) is 5.82 Å². The predicted molar refractivity (Wildman–Crippen MR) is 87.9 cm³/mol. The second-order valence-corrected chi connectivity index (χ2v) is 7.50. The maximum atomic E-state index is 6.36. The number of ether oxygens (including phenoxy) is 2. The lowest BCUT2D eigenvalue weighted by molar-refractivity contribution is -0.175. The molecule has 0 aromatic carbocycles. The second-order valence-electron chi connectivity index (χ2n) is 7.50. The maximum absolute atomic E-state index is 6.36. The first-order valence-electron chi connectivity index (χ1n) is 9.28. The van der Waals surface area contributed by atoms with Crippen LogP contribution in [0.1, 0.15) is 63.2 Å². The lowest BCUT2D eigenvalue weighted by atomic mass is 10.1. The van der Waals surface area contributed by atoms with E-state index in [0.717, 1.165) is 37.7 Å². The number of nitrogens with one attached hydrogen (secondary N) is 1. The van der Waals surface area contributed by atoms with Crippen molar-refractivity contribution in [3.8, 4) is 0 Å². The van der Waals surface area contributed by atoms with Gasteiger partial charge in [-0.05, 0) is 31.6 Å². The third-order valence-electron chi connectivity index (χ3n) is 5.57. The van der Waals surface area contributed by atoms with E-state index < -0.39 is 0 Å². The van der Waals surface area contributed by atoms with Crippen molar-refractivity contribution in [2.24, 2.45) is 13.0 Å². The first kappa shape index (κ1) is 15.6. The monoisotopic (exact) mass is 319 g/mol. The molecule has 1 spiro atoms. The van der Waals surface area contributed by atoms with E-state index in [-0.39, 0.29) is 11.9 Å². The van der Waals surface area contributed by atoms with Gasteiger partial charge in [0.2, 0.25) is 0 Å². The molecule has 0 bridgehead atoms. The molecule has 2 heterocycles. The minimum atomic E-state index is -0.277. The third-order valence-corrected chi connectivity index (χ3v) is 5.57. The lowest BCUT2D eigenvalue weighted by Gasteiger charge is -2.27. The Hall–Kier alpha value is -0.910. The van der Waals surface area contributed by atoms with Gasteiger partial charge in [-0.15, -0.1) is 0 Å². The molecule has 0 amide bonds.